The second kappa shape index (κ2) is 6.71. The molecule has 0 aromatic heterocycles. The number of methoxy groups -OCH3 is 1. The third-order valence-electron chi connectivity index (χ3n) is 3.20. The summed E-state index contributed by atoms with van der Waals surface area (Å²) in [7, 11) is 1.71. The number of hydrogen-bond donors (Lipinski definition) is 2. The summed E-state index contributed by atoms with van der Waals surface area (Å²) in [5.74, 6) is 0. The molecule has 0 heterocycles. The minimum Gasteiger partial charge on any atom is -0.385 e. The monoisotopic (exact) mass is 264 g/mol. The van der Waals surface area contributed by atoms with Crippen molar-refractivity contribution in [1.82, 2.24) is 10.6 Å². The van der Waals surface area contributed by atoms with Crippen molar-refractivity contribution in [2.45, 2.75) is 25.3 Å². The molecule has 1 aliphatic rings. The fourth-order valence-electron chi connectivity index (χ4n) is 2.32. The van der Waals surface area contributed by atoms with Crippen LogP contribution >= 0.6 is 12.2 Å². The van der Waals surface area contributed by atoms with E-state index in [9.17, 15) is 0 Å². The molecule has 0 radical (unpaired) electrons. The Bertz CT molecular complexity index is 384. The van der Waals surface area contributed by atoms with Gasteiger partial charge in [-0.2, -0.15) is 0 Å². The topological polar surface area (TPSA) is 33.3 Å². The van der Waals surface area contributed by atoms with Crippen molar-refractivity contribution in [3.63, 3.8) is 0 Å². The first-order chi connectivity index (χ1) is 8.79. The molecule has 2 rings (SSSR count). The van der Waals surface area contributed by atoms with E-state index < -0.39 is 0 Å². The minimum absolute atomic E-state index is 0.435. The molecule has 0 fully saturated rings. The van der Waals surface area contributed by atoms with Gasteiger partial charge in [-0.1, -0.05) is 24.3 Å². The van der Waals surface area contributed by atoms with Crippen molar-refractivity contribution in [2.24, 2.45) is 0 Å². The smallest absolute Gasteiger partial charge is 0.166 e. The van der Waals surface area contributed by atoms with Crippen LogP contribution in [0.15, 0.2) is 24.3 Å². The Balaban J connectivity index is 1.71. The van der Waals surface area contributed by atoms with E-state index in [1.165, 1.54) is 11.1 Å². The van der Waals surface area contributed by atoms with Gasteiger partial charge in [0.15, 0.2) is 5.11 Å². The molecule has 1 aromatic carbocycles. The van der Waals surface area contributed by atoms with Crippen LogP contribution in [0.2, 0.25) is 0 Å². The van der Waals surface area contributed by atoms with Crippen LogP contribution in [-0.2, 0) is 17.6 Å². The SMILES string of the molecule is COCCCNC(=S)NC1Cc2ccccc2C1. The van der Waals surface area contributed by atoms with E-state index in [0.717, 1.165) is 37.5 Å². The molecule has 4 heteroatoms. The lowest BCUT2D eigenvalue weighted by atomic mass is 10.1. The van der Waals surface area contributed by atoms with Crippen LogP contribution in [0.3, 0.4) is 0 Å². The molecule has 0 saturated heterocycles. The van der Waals surface area contributed by atoms with Crippen LogP contribution < -0.4 is 10.6 Å². The van der Waals surface area contributed by atoms with Gasteiger partial charge in [-0.15, -0.1) is 0 Å². The van der Waals surface area contributed by atoms with E-state index in [2.05, 4.69) is 34.9 Å². The lowest BCUT2D eigenvalue weighted by Gasteiger charge is -2.15. The summed E-state index contributed by atoms with van der Waals surface area (Å²) < 4.78 is 5.00. The predicted molar refractivity (Wildman–Crippen MR) is 77.9 cm³/mol. The largest absolute Gasteiger partial charge is 0.385 e. The highest BCUT2D eigenvalue weighted by atomic mass is 32.1. The highest BCUT2D eigenvalue weighted by molar-refractivity contribution is 7.80. The molecular weight excluding hydrogens is 244 g/mol. The molecule has 3 nitrogen and oxygen atoms in total. The molecule has 0 atom stereocenters. The number of thiocarbonyl (C=S) groups is 1. The lowest BCUT2D eigenvalue weighted by molar-refractivity contribution is 0.195. The van der Waals surface area contributed by atoms with Crippen LogP contribution in [0.1, 0.15) is 17.5 Å². The number of ether oxygens (including phenoxy) is 1. The van der Waals surface area contributed by atoms with E-state index in [-0.39, 0.29) is 0 Å². The van der Waals surface area contributed by atoms with Gasteiger partial charge in [-0.05, 0) is 42.6 Å². The van der Waals surface area contributed by atoms with Crippen molar-refractivity contribution in [3.8, 4) is 0 Å². The van der Waals surface area contributed by atoms with E-state index in [0.29, 0.717) is 6.04 Å². The van der Waals surface area contributed by atoms with E-state index in [4.69, 9.17) is 17.0 Å². The van der Waals surface area contributed by atoms with Gasteiger partial charge >= 0.3 is 0 Å². The number of nitrogens with one attached hydrogen (secondary N) is 2. The summed E-state index contributed by atoms with van der Waals surface area (Å²) >= 11 is 5.29. The first-order valence-electron chi connectivity index (χ1n) is 6.39. The normalized spacial score (nSPS) is 14.3. The van der Waals surface area contributed by atoms with E-state index in [1.54, 1.807) is 7.11 Å². The fourth-order valence-corrected chi connectivity index (χ4v) is 2.58. The maximum atomic E-state index is 5.29. The molecule has 0 aliphatic heterocycles. The Morgan fingerprint density at radius 3 is 2.61 bits per heavy atom. The standard InChI is InChI=1S/C14H20N2OS/c1-17-8-4-7-15-14(18)16-13-9-11-5-2-3-6-12(11)10-13/h2-3,5-6,13H,4,7-10H2,1H3,(H2,15,16,18). The maximum absolute atomic E-state index is 5.29. The summed E-state index contributed by atoms with van der Waals surface area (Å²) in [5.41, 5.74) is 2.88. The van der Waals surface area contributed by atoms with Crippen molar-refractivity contribution < 1.29 is 4.74 Å². The summed E-state index contributed by atoms with van der Waals surface area (Å²) in [4.78, 5) is 0. The molecular formula is C14H20N2OS. The van der Waals surface area contributed by atoms with Crippen molar-refractivity contribution in [1.29, 1.82) is 0 Å². The average molecular weight is 264 g/mol. The van der Waals surface area contributed by atoms with Crippen LogP contribution in [0.4, 0.5) is 0 Å². The molecule has 0 spiro atoms. The third kappa shape index (κ3) is 3.68. The highest BCUT2D eigenvalue weighted by Crippen LogP contribution is 2.21. The van der Waals surface area contributed by atoms with Gasteiger partial charge in [0.25, 0.3) is 0 Å². The fraction of sp³-hybridized carbons (Fsp3) is 0.500. The Hall–Kier alpha value is -1.13. The van der Waals surface area contributed by atoms with Crippen LogP contribution in [-0.4, -0.2) is 31.4 Å². The molecule has 1 aromatic rings. The zero-order chi connectivity index (χ0) is 12.8. The predicted octanol–water partition coefficient (Wildman–Crippen LogP) is 1.65. The zero-order valence-corrected chi connectivity index (χ0v) is 11.6. The first-order valence-corrected chi connectivity index (χ1v) is 6.80. The summed E-state index contributed by atoms with van der Waals surface area (Å²) in [6, 6.07) is 9.04. The first kappa shape index (κ1) is 13.3. The summed E-state index contributed by atoms with van der Waals surface area (Å²) in [6.07, 6.45) is 3.11. The quantitative estimate of drug-likeness (QED) is 0.626. The van der Waals surface area contributed by atoms with Gasteiger partial charge in [-0.25, -0.2) is 0 Å². The van der Waals surface area contributed by atoms with Crippen molar-refractivity contribution in [3.05, 3.63) is 35.4 Å². The molecule has 0 saturated carbocycles. The maximum Gasteiger partial charge on any atom is 0.166 e. The van der Waals surface area contributed by atoms with Crippen LogP contribution in [0, 0.1) is 0 Å². The van der Waals surface area contributed by atoms with Gasteiger partial charge in [-0.3, -0.25) is 0 Å². The molecule has 2 N–H and O–H groups in total. The Labute approximate surface area is 114 Å². The third-order valence-corrected chi connectivity index (χ3v) is 3.46. The summed E-state index contributed by atoms with van der Waals surface area (Å²) in [5, 5.41) is 7.35. The lowest BCUT2D eigenvalue weighted by Crippen LogP contribution is -2.42. The Morgan fingerprint density at radius 2 is 2.00 bits per heavy atom. The number of rotatable bonds is 5. The molecule has 0 bridgehead atoms. The molecule has 0 unspecified atom stereocenters. The average Bonchev–Trinajstić information content (AvgIpc) is 2.76. The molecule has 0 amide bonds. The number of benzene rings is 1. The Kier molecular flexibility index (Phi) is 4.96. The van der Waals surface area contributed by atoms with Gasteiger partial charge in [0.2, 0.25) is 0 Å². The second-order valence-electron chi connectivity index (χ2n) is 4.62. The molecule has 18 heavy (non-hydrogen) atoms. The van der Waals surface area contributed by atoms with Gasteiger partial charge in [0.05, 0.1) is 0 Å². The second-order valence-corrected chi connectivity index (χ2v) is 5.03. The number of fused-ring (bicyclic) bond motifs is 1. The zero-order valence-electron chi connectivity index (χ0n) is 10.7. The van der Waals surface area contributed by atoms with Crippen LogP contribution in [0.25, 0.3) is 0 Å². The minimum atomic E-state index is 0.435. The van der Waals surface area contributed by atoms with Gasteiger partial charge in [0, 0.05) is 26.3 Å². The Morgan fingerprint density at radius 1 is 1.33 bits per heavy atom. The summed E-state index contributed by atoms with van der Waals surface area (Å²) in [6.45, 7) is 1.63. The molecule has 98 valence electrons. The van der Waals surface area contributed by atoms with Crippen LogP contribution in [0.5, 0.6) is 0 Å². The molecule has 1 aliphatic carbocycles. The van der Waals surface area contributed by atoms with Crippen molar-refractivity contribution >= 4 is 17.3 Å². The van der Waals surface area contributed by atoms with E-state index in [1.807, 2.05) is 0 Å². The van der Waals surface area contributed by atoms with Crippen molar-refractivity contribution in [2.75, 3.05) is 20.3 Å². The van der Waals surface area contributed by atoms with Gasteiger partial charge in [0.1, 0.15) is 0 Å². The van der Waals surface area contributed by atoms with E-state index >= 15 is 0 Å². The highest BCUT2D eigenvalue weighted by Gasteiger charge is 2.20. The van der Waals surface area contributed by atoms with Gasteiger partial charge < -0.3 is 15.4 Å². The number of hydrogen-bond acceptors (Lipinski definition) is 2.